The van der Waals surface area contributed by atoms with Crippen molar-refractivity contribution in [1.29, 1.82) is 0 Å². The first-order valence-corrected chi connectivity index (χ1v) is 5.85. The van der Waals surface area contributed by atoms with Gasteiger partial charge in [0.25, 0.3) is 5.91 Å². The largest absolute Gasteiger partial charge is 0.366 e. The quantitative estimate of drug-likeness (QED) is 0.833. The fraction of sp³-hybridized carbons (Fsp3) is 0.583. The zero-order valence-corrected chi connectivity index (χ0v) is 10.4. The number of carbonyl (C=O) groups is 1. The predicted octanol–water partition coefficient (Wildman–Crippen LogP) is 1.58. The number of rotatable bonds is 3. The molecule has 0 unspecified atom stereocenters. The van der Waals surface area contributed by atoms with Crippen molar-refractivity contribution in [1.82, 2.24) is 15.3 Å². The second-order valence-corrected chi connectivity index (χ2v) is 5.41. The number of nitrogens with zero attached hydrogens (tertiary/aromatic N) is 2. The van der Waals surface area contributed by atoms with E-state index < -0.39 is 0 Å². The maximum absolute atomic E-state index is 11.8. The predicted molar refractivity (Wildman–Crippen MR) is 65.9 cm³/mol. The van der Waals surface area contributed by atoms with E-state index in [1.165, 1.54) is 19.0 Å². The molecule has 1 heterocycles. The van der Waals surface area contributed by atoms with Crippen molar-refractivity contribution in [3.63, 3.8) is 0 Å². The average molecular weight is 234 g/mol. The lowest BCUT2D eigenvalue weighted by molar-refractivity contribution is 0.0914. The summed E-state index contributed by atoms with van der Waals surface area (Å²) in [5, 5.41) is 6.07. The Bertz CT molecular complexity index is 404. The zero-order valence-electron chi connectivity index (χ0n) is 10.4. The van der Waals surface area contributed by atoms with E-state index in [-0.39, 0.29) is 11.4 Å². The van der Waals surface area contributed by atoms with Gasteiger partial charge >= 0.3 is 0 Å². The van der Waals surface area contributed by atoms with Crippen molar-refractivity contribution in [3.05, 3.63) is 18.1 Å². The van der Waals surface area contributed by atoms with E-state index in [1.54, 1.807) is 6.20 Å². The third-order valence-electron chi connectivity index (χ3n) is 2.30. The van der Waals surface area contributed by atoms with Crippen LogP contribution in [0.5, 0.6) is 0 Å². The molecule has 17 heavy (non-hydrogen) atoms. The van der Waals surface area contributed by atoms with Gasteiger partial charge in [-0.25, -0.2) is 9.97 Å². The van der Waals surface area contributed by atoms with Crippen LogP contribution in [-0.4, -0.2) is 27.5 Å². The normalized spacial score (nSPS) is 15.5. The highest BCUT2D eigenvalue weighted by Crippen LogP contribution is 2.23. The summed E-state index contributed by atoms with van der Waals surface area (Å²) in [6.45, 7) is 5.80. The molecule has 1 aliphatic rings. The van der Waals surface area contributed by atoms with E-state index in [0.717, 1.165) is 5.82 Å². The number of carbonyl (C=O) groups excluding carboxylic acids is 1. The van der Waals surface area contributed by atoms with Crippen molar-refractivity contribution in [3.8, 4) is 0 Å². The van der Waals surface area contributed by atoms with Crippen LogP contribution in [-0.2, 0) is 0 Å². The molecule has 1 aromatic heterocycles. The Labute approximate surface area is 101 Å². The Balaban J connectivity index is 1.98. The summed E-state index contributed by atoms with van der Waals surface area (Å²) in [6, 6.07) is 0.540. The van der Waals surface area contributed by atoms with Crippen molar-refractivity contribution in [2.45, 2.75) is 45.2 Å². The van der Waals surface area contributed by atoms with Crippen LogP contribution in [0, 0.1) is 0 Å². The molecule has 0 bridgehead atoms. The van der Waals surface area contributed by atoms with Crippen molar-refractivity contribution in [2.75, 3.05) is 5.32 Å². The number of anilines is 1. The number of aromatic nitrogens is 2. The highest BCUT2D eigenvalue weighted by molar-refractivity contribution is 5.92. The number of amides is 1. The Hall–Kier alpha value is -1.65. The summed E-state index contributed by atoms with van der Waals surface area (Å²) in [5.74, 6) is 0.544. The molecule has 0 radical (unpaired) electrons. The standard InChI is InChI=1S/C12H18N4O/c1-12(2,3)16-11(17)9-6-14-10(7-13-9)15-8-4-5-8/h6-8H,4-5H2,1-3H3,(H,14,15)(H,16,17). The minimum absolute atomic E-state index is 0.192. The van der Waals surface area contributed by atoms with Crippen molar-refractivity contribution >= 4 is 11.7 Å². The smallest absolute Gasteiger partial charge is 0.271 e. The molecule has 0 atom stereocenters. The Kier molecular flexibility index (Phi) is 3.00. The van der Waals surface area contributed by atoms with Gasteiger partial charge in [-0.1, -0.05) is 0 Å². The minimum Gasteiger partial charge on any atom is -0.366 e. The van der Waals surface area contributed by atoms with Crippen LogP contribution in [0.3, 0.4) is 0 Å². The van der Waals surface area contributed by atoms with Gasteiger partial charge in [0.15, 0.2) is 0 Å². The molecule has 1 fully saturated rings. The van der Waals surface area contributed by atoms with Gasteiger partial charge in [-0.2, -0.15) is 0 Å². The number of nitrogens with one attached hydrogen (secondary N) is 2. The summed E-state index contributed by atoms with van der Waals surface area (Å²) >= 11 is 0. The fourth-order valence-electron chi connectivity index (χ4n) is 1.36. The molecule has 2 N–H and O–H groups in total. The van der Waals surface area contributed by atoms with Crippen LogP contribution in [0.4, 0.5) is 5.82 Å². The van der Waals surface area contributed by atoms with Crippen LogP contribution in [0.15, 0.2) is 12.4 Å². The topological polar surface area (TPSA) is 66.9 Å². The van der Waals surface area contributed by atoms with E-state index in [0.29, 0.717) is 11.7 Å². The molecule has 0 spiro atoms. The molecular weight excluding hydrogens is 216 g/mol. The lowest BCUT2D eigenvalue weighted by Crippen LogP contribution is -2.41. The lowest BCUT2D eigenvalue weighted by atomic mass is 10.1. The monoisotopic (exact) mass is 234 g/mol. The molecule has 0 aliphatic heterocycles. The highest BCUT2D eigenvalue weighted by atomic mass is 16.2. The van der Waals surface area contributed by atoms with Crippen LogP contribution in [0.2, 0.25) is 0 Å². The van der Waals surface area contributed by atoms with Crippen molar-refractivity contribution < 1.29 is 4.79 Å². The van der Waals surface area contributed by atoms with Gasteiger partial charge in [-0.05, 0) is 33.6 Å². The van der Waals surface area contributed by atoms with E-state index in [4.69, 9.17) is 0 Å². The highest BCUT2D eigenvalue weighted by Gasteiger charge is 2.21. The Morgan fingerprint density at radius 1 is 1.29 bits per heavy atom. The third kappa shape index (κ3) is 3.69. The third-order valence-corrected chi connectivity index (χ3v) is 2.30. The molecule has 1 amide bonds. The van der Waals surface area contributed by atoms with Crippen LogP contribution >= 0.6 is 0 Å². The summed E-state index contributed by atoms with van der Waals surface area (Å²) in [6.07, 6.45) is 5.49. The van der Waals surface area contributed by atoms with E-state index in [9.17, 15) is 4.79 Å². The van der Waals surface area contributed by atoms with Gasteiger partial charge in [0.1, 0.15) is 11.5 Å². The van der Waals surface area contributed by atoms with Gasteiger partial charge in [0.05, 0.1) is 12.4 Å². The second kappa shape index (κ2) is 4.31. The van der Waals surface area contributed by atoms with Gasteiger partial charge in [0.2, 0.25) is 0 Å². The van der Waals surface area contributed by atoms with E-state index in [1.807, 2.05) is 20.8 Å². The Morgan fingerprint density at radius 2 is 2.00 bits per heavy atom. The first-order chi connectivity index (χ1) is 7.94. The molecule has 0 aromatic carbocycles. The minimum atomic E-state index is -0.260. The molecule has 1 aliphatic carbocycles. The van der Waals surface area contributed by atoms with Gasteiger partial charge < -0.3 is 10.6 Å². The first kappa shape index (κ1) is 11.8. The molecule has 0 saturated heterocycles. The summed E-state index contributed by atoms with van der Waals surface area (Å²) < 4.78 is 0. The molecule has 5 heteroatoms. The second-order valence-electron chi connectivity index (χ2n) is 5.41. The Morgan fingerprint density at radius 3 is 2.47 bits per heavy atom. The molecule has 1 aromatic rings. The van der Waals surface area contributed by atoms with Gasteiger partial charge in [-0.15, -0.1) is 0 Å². The summed E-state index contributed by atoms with van der Waals surface area (Å²) in [7, 11) is 0. The zero-order chi connectivity index (χ0) is 12.5. The average Bonchev–Trinajstić information content (AvgIpc) is 3.00. The summed E-state index contributed by atoms with van der Waals surface area (Å²) in [5.41, 5.74) is 0.0882. The lowest BCUT2D eigenvalue weighted by Gasteiger charge is -2.19. The maximum atomic E-state index is 11.8. The SMILES string of the molecule is CC(C)(C)NC(=O)c1cnc(NC2CC2)cn1. The molecular formula is C12H18N4O. The van der Waals surface area contributed by atoms with E-state index in [2.05, 4.69) is 20.6 Å². The first-order valence-electron chi connectivity index (χ1n) is 5.85. The maximum Gasteiger partial charge on any atom is 0.271 e. The van der Waals surface area contributed by atoms with Crippen LogP contribution in [0.25, 0.3) is 0 Å². The molecule has 1 saturated carbocycles. The van der Waals surface area contributed by atoms with Crippen LogP contribution < -0.4 is 10.6 Å². The van der Waals surface area contributed by atoms with Crippen LogP contribution in [0.1, 0.15) is 44.1 Å². The van der Waals surface area contributed by atoms with Gasteiger partial charge in [-0.3, -0.25) is 4.79 Å². The molecule has 5 nitrogen and oxygen atoms in total. The van der Waals surface area contributed by atoms with Gasteiger partial charge in [0, 0.05) is 11.6 Å². The summed E-state index contributed by atoms with van der Waals surface area (Å²) in [4.78, 5) is 20.1. The number of hydrogen-bond donors (Lipinski definition) is 2. The van der Waals surface area contributed by atoms with Crippen molar-refractivity contribution in [2.24, 2.45) is 0 Å². The number of hydrogen-bond acceptors (Lipinski definition) is 4. The fourth-order valence-corrected chi connectivity index (χ4v) is 1.36. The molecule has 92 valence electrons. The van der Waals surface area contributed by atoms with E-state index >= 15 is 0 Å². The molecule has 2 rings (SSSR count).